The van der Waals surface area contributed by atoms with Crippen molar-refractivity contribution >= 4 is 26.2 Å². The Kier molecular flexibility index (Phi) is 3.11. The summed E-state index contributed by atoms with van der Waals surface area (Å²) in [5, 5.41) is 8.97. The molecular formula is C13H13BrN2. The van der Waals surface area contributed by atoms with E-state index < -0.39 is 0 Å². The van der Waals surface area contributed by atoms with Crippen LogP contribution in [-0.2, 0) is 0 Å². The van der Waals surface area contributed by atoms with E-state index in [4.69, 9.17) is 5.26 Å². The van der Waals surface area contributed by atoms with Crippen LogP contribution in [0, 0.1) is 18.3 Å². The lowest BCUT2D eigenvalue weighted by atomic mass is 10.0. The normalized spacial score (nSPS) is 16.0. The molecule has 0 heterocycles. The maximum Gasteiger partial charge on any atom is 0.0991 e. The van der Waals surface area contributed by atoms with Gasteiger partial charge in [0, 0.05) is 0 Å². The van der Waals surface area contributed by atoms with Gasteiger partial charge < -0.3 is 0 Å². The maximum atomic E-state index is 8.97. The molecule has 1 saturated carbocycles. The van der Waals surface area contributed by atoms with Crippen LogP contribution in [-0.4, -0.2) is 4.62 Å². The highest BCUT2D eigenvalue weighted by molar-refractivity contribution is 9.18. The molecule has 1 aromatic carbocycles. The number of aryl methyl sites for hydroxylation is 1. The molecule has 0 bridgehead atoms. The molecule has 2 nitrogen and oxygen atoms in total. The Labute approximate surface area is 104 Å². The Hall–Kier alpha value is -1.14. The van der Waals surface area contributed by atoms with Gasteiger partial charge in [-0.3, -0.25) is 0 Å². The predicted octanol–water partition coefficient (Wildman–Crippen LogP) is 4.19. The van der Waals surface area contributed by atoms with Crippen LogP contribution < -0.4 is 0 Å². The smallest absolute Gasteiger partial charge is 0.0991 e. The van der Waals surface area contributed by atoms with Gasteiger partial charge in [-0.2, -0.15) is 5.26 Å². The van der Waals surface area contributed by atoms with Crippen molar-refractivity contribution in [1.29, 1.82) is 5.26 Å². The summed E-state index contributed by atoms with van der Waals surface area (Å²) in [4.78, 5) is 4.52. The molecule has 2 rings (SSSR count). The zero-order valence-electron chi connectivity index (χ0n) is 9.42. The minimum Gasteiger partial charge on any atom is -0.246 e. The molecule has 0 aliphatic heterocycles. The fourth-order valence-corrected chi connectivity index (χ4v) is 2.06. The lowest BCUT2D eigenvalue weighted by Crippen LogP contribution is -1.89. The average molecular weight is 277 g/mol. The molecule has 82 valence electrons. The standard InChI is InChI=1S/C13H13BrN2/c1-8-5-10(7-15)6-12(11-3-4-11)13(8)16-9(2)14/h5-6,11H,3-4H2,1-2H3/b16-9+. The zero-order chi connectivity index (χ0) is 11.7. The van der Waals surface area contributed by atoms with E-state index in [-0.39, 0.29) is 0 Å². The van der Waals surface area contributed by atoms with Crippen LogP contribution in [0.5, 0.6) is 0 Å². The first-order valence-electron chi connectivity index (χ1n) is 5.37. The Bertz CT molecular complexity index is 489. The van der Waals surface area contributed by atoms with Gasteiger partial charge >= 0.3 is 0 Å². The highest BCUT2D eigenvalue weighted by Gasteiger charge is 2.27. The van der Waals surface area contributed by atoms with Gasteiger partial charge in [-0.05, 0) is 71.8 Å². The molecule has 0 N–H and O–H groups in total. The van der Waals surface area contributed by atoms with Crippen LogP contribution in [0.2, 0.25) is 0 Å². The van der Waals surface area contributed by atoms with E-state index in [1.165, 1.54) is 18.4 Å². The van der Waals surface area contributed by atoms with Gasteiger partial charge in [0.15, 0.2) is 0 Å². The van der Waals surface area contributed by atoms with E-state index in [0.29, 0.717) is 5.92 Å². The van der Waals surface area contributed by atoms with Gasteiger partial charge in [0.25, 0.3) is 0 Å². The number of nitrogens with zero attached hydrogens (tertiary/aromatic N) is 2. The fourth-order valence-electron chi connectivity index (χ4n) is 1.88. The summed E-state index contributed by atoms with van der Waals surface area (Å²) in [5.74, 6) is 0.609. The molecule has 0 spiro atoms. The molecule has 3 heteroatoms. The zero-order valence-corrected chi connectivity index (χ0v) is 11.0. The number of benzene rings is 1. The first-order chi connectivity index (χ1) is 7.61. The number of hydrogen-bond donors (Lipinski definition) is 0. The van der Waals surface area contributed by atoms with Crippen LogP contribution >= 0.6 is 15.9 Å². The Morgan fingerprint density at radius 3 is 2.69 bits per heavy atom. The van der Waals surface area contributed by atoms with Crippen LogP contribution in [0.3, 0.4) is 0 Å². The largest absolute Gasteiger partial charge is 0.246 e. The number of aliphatic imine (C=N–C) groups is 1. The third kappa shape index (κ3) is 2.33. The fraction of sp³-hybridized carbons (Fsp3) is 0.385. The lowest BCUT2D eigenvalue weighted by molar-refractivity contribution is 1.11. The summed E-state index contributed by atoms with van der Waals surface area (Å²) in [5.41, 5.74) is 4.09. The highest BCUT2D eigenvalue weighted by atomic mass is 79.9. The third-order valence-corrected chi connectivity index (χ3v) is 2.92. The van der Waals surface area contributed by atoms with Crippen molar-refractivity contribution in [2.75, 3.05) is 0 Å². The first-order valence-corrected chi connectivity index (χ1v) is 6.16. The molecule has 0 radical (unpaired) electrons. The molecule has 0 saturated heterocycles. The minimum absolute atomic E-state index is 0.609. The Balaban J connectivity index is 2.57. The number of nitriles is 1. The van der Waals surface area contributed by atoms with Crippen LogP contribution in [0.25, 0.3) is 0 Å². The molecular weight excluding hydrogens is 264 g/mol. The molecule has 0 amide bonds. The van der Waals surface area contributed by atoms with E-state index in [1.807, 2.05) is 26.0 Å². The molecule has 1 aliphatic rings. The van der Waals surface area contributed by atoms with Crippen molar-refractivity contribution in [2.45, 2.75) is 32.6 Å². The van der Waals surface area contributed by atoms with Crippen molar-refractivity contribution in [3.05, 3.63) is 28.8 Å². The second-order valence-corrected chi connectivity index (χ2v) is 5.37. The van der Waals surface area contributed by atoms with E-state index in [9.17, 15) is 0 Å². The Morgan fingerprint density at radius 1 is 1.50 bits per heavy atom. The van der Waals surface area contributed by atoms with Gasteiger partial charge in [-0.1, -0.05) is 0 Å². The van der Waals surface area contributed by atoms with Crippen molar-refractivity contribution in [3.63, 3.8) is 0 Å². The summed E-state index contributed by atoms with van der Waals surface area (Å²) in [6, 6.07) is 6.10. The first kappa shape index (κ1) is 11.3. The predicted molar refractivity (Wildman–Crippen MR) is 69.6 cm³/mol. The summed E-state index contributed by atoms with van der Waals surface area (Å²) in [6.45, 7) is 3.94. The summed E-state index contributed by atoms with van der Waals surface area (Å²) in [6.07, 6.45) is 2.44. The van der Waals surface area contributed by atoms with Crippen LogP contribution in [0.15, 0.2) is 17.1 Å². The molecule has 1 aromatic rings. The van der Waals surface area contributed by atoms with Gasteiger partial charge in [0.05, 0.1) is 21.9 Å². The molecule has 1 fully saturated rings. The lowest BCUT2D eigenvalue weighted by Gasteiger charge is -2.08. The van der Waals surface area contributed by atoms with Crippen LogP contribution in [0.1, 0.15) is 42.4 Å². The monoisotopic (exact) mass is 276 g/mol. The van der Waals surface area contributed by atoms with Gasteiger partial charge in [-0.15, -0.1) is 0 Å². The van der Waals surface area contributed by atoms with Crippen molar-refractivity contribution in [3.8, 4) is 6.07 Å². The van der Waals surface area contributed by atoms with Gasteiger partial charge in [0.1, 0.15) is 0 Å². The number of hydrogen-bond acceptors (Lipinski definition) is 2. The molecule has 0 atom stereocenters. The van der Waals surface area contributed by atoms with Crippen LogP contribution in [0.4, 0.5) is 5.69 Å². The summed E-state index contributed by atoms with van der Waals surface area (Å²) in [7, 11) is 0. The second-order valence-electron chi connectivity index (χ2n) is 4.23. The van der Waals surface area contributed by atoms with E-state index >= 15 is 0 Å². The molecule has 0 unspecified atom stereocenters. The van der Waals surface area contributed by atoms with Crippen molar-refractivity contribution < 1.29 is 0 Å². The number of rotatable bonds is 2. The molecule has 1 aliphatic carbocycles. The second kappa shape index (κ2) is 4.39. The molecule has 16 heavy (non-hydrogen) atoms. The summed E-state index contributed by atoms with van der Waals surface area (Å²) < 4.78 is 0.877. The Morgan fingerprint density at radius 2 is 2.19 bits per heavy atom. The van der Waals surface area contributed by atoms with E-state index in [0.717, 1.165) is 21.4 Å². The van der Waals surface area contributed by atoms with E-state index in [2.05, 4.69) is 27.0 Å². The highest BCUT2D eigenvalue weighted by Crippen LogP contribution is 2.45. The van der Waals surface area contributed by atoms with Crippen molar-refractivity contribution in [1.82, 2.24) is 0 Å². The third-order valence-electron chi connectivity index (χ3n) is 2.74. The average Bonchev–Trinajstić information content (AvgIpc) is 3.03. The quantitative estimate of drug-likeness (QED) is 0.746. The SMILES string of the molecule is C/C(Br)=N\c1c(C)cc(C#N)cc1C1CC1. The summed E-state index contributed by atoms with van der Waals surface area (Å²) >= 11 is 3.37. The van der Waals surface area contributed by atoms with Gasteiger partial charge in [0.2, 0.25) is 0 Å². The maximum absolute atomic E-state index is 8.97. The van der Waals surface area contributed by atoms with Crippen molar-refractivity contribution in [2.24, 2.45) is 4.99 Å². The van der Waals surface area contributed by atoms with Gasteiger partial charge in [-0.25, -0.2) is 4.99 Å². The number of halogens is 1. The molecule has 0 aromatic heterocycles. The minimum atomic E-state index is 0.609. The van der Waals surface area contributed by atoms with E-state index in [1.54, 1.807) is 0 Å². The topological polar surface area (TPSA) is 36.1 Å².